The van der Waals surface area contributed by atoms with E-state index in [2.05, 4.69) is 5.32 Å². The first-order valence-corrected chi connectivity index (χ1v) is 6.63. The van der Waals surface area contributed by atoms with Gasteiger partial charge in [0.2, 0.25) is 5.91 Å². The van der Waals surface area contributed by atoms with Gasteiger partial charge in [0.1, 0.15) is 5.75 Å². The monoisotopic (exact) mass is 264 g/mol. The molecule has 4 nitrogen and oxygen atoms in total. The van der Waals surface area contributed by atoms with Crippen LogP contribution in [0, 0.1) is 0 Å². The van der Waals surface area contributed by atoms with Gasteiger partial charge in [-0.3, -0.25) is 4.79 Å². The standard InChI is InChI=1S/C15H24N2O2/c1-15(2,3)12-9-11(5-6-13(12)18)10-14(19)17-8-4-7-16/h5-6,9,18H,4,7-8,10,16H2,1-3H3,(H,17,19). The zero-order chi connectivity index (χ0) is 14.5. The van der Waals surface area contributed by atoms with Crippen molar-refractivity contribution >= 4 is 5.91 Å². The van der Waals surface area contributed by atoms with E-state index in [1.54, 1.807) is 12.1 Å². The second-order valence-electron chi connectivity index (χ2n) is 5.77. The quantitative estimate of drug-likeness (QED) is 0.708. The maximum Gasteiger partial charge on any atom is 0.224 e. The molecule has 19 heavy (non-hydrogen) atoms. The van der Waals surface area contributed by atoms with Crippen molar-refractivity contribution in [1.29, 1.82) is 0 Å². The van der Waals surface area contributed by atoms with Crippen LogP contribution in [0.1, 0.15) is 38.3 Å². The fourth-order valence-corrected chi connectivity index (χ4v) is 1.87. The predicted molar refractivity (Wildman–Crippen MR) is 77.2 cm³/mol. The minimum Gasteiger partial charge on any atom is -0.508 e. The van der Waals surface area contributed by atoms with Crippen LogP contribution in [0.3, 0.4) is 0 Å². The van der Waals surface area contributed by atoms with Crippen molar-refractivity contribution in [2.24, 2.45) is 5.73 Å². The molecule has 0 aliphatic rings. The fraction of sp³-hybridized carbons (Fsp3) is 0.533. The van der Waals surface area contributed by atoms with Crippen molar-refractivity contribution in [3.8, 4) is 5.75 Å². The summed E-state index contributed by atoms with van der Waals surface area (Å²) in [5.74, 6) is 0.263. The summed E-state index contributed by atoms with van der Waals surface area (Å²) in [5.41, 5.74) is 7.00. The van der Waals surface area contributed by atoms with Gasteiger partial charge in [0, 0.05) is 6.54 Å². The van der Waals surface area contributed by atoms with E-state index in [-0.39, 0.29) is 17.1 Å². The highest BCUT2D eigenvalue weighted by Crippen LogP contribution is 2.31. The molecule has 0 saturated heterocycles. The van der Waals surface area contributed by atoms with Gasteiger partial charge in [-0.25, -0.2) is 0 Å². The summed E-state index contributed by atoms with van der Waals surface area (Å²) in [6.07, 6.45) is 1.11. The highest BCUT2D eigenvalue weighted by molar-refractivity contribution is 5.78. The summed E-state index contributed by atoms with van der Waals surface area (Å²) in [4.78, 5) is 11.7. The van der Waals surface area contributed by atoms with Crippen LogP contribution in [0.5, 0.6) is 5.75 Å². The molecule has 0 atom stereocenters. The first-order chi connectivity index (χ1) is 8.84. The molecule has 0 spiro atoms. The summed E-state index contributed by atoms with van der Waals surface area (Å²) in [6, 6.07) is 5.34. The zero-order valence-electron chi connectivity index (χ0n) is 12.0. The Hall–Kier alpha value is -1.55. The fourth-order valence-electron chi connectivity index (χ4n) is 1.87. The molecule has 0 saturated carbocycles. The number of hydrogen-bond acceptors (Lipinski definition) is 3. The van der Waals surface area contributed by atoms with Crippen molar-refractivity contribution in [3.05, 3.63) is 29.3 Å². The Labute approximate surface area is 115 Å². The van der Waals surface area contributed by atoms with E-state index in [1.807, 2.05) is 26.8 Å². The van der Waals surface area contributed by atoms with Crippen molar-refractivity contribution in [1.82, 2.24) is 5.32 Å². The summed E-state index contributed by atoms with van der Waals surface area (Å²) in [7, 11) is 0. The zero-order valence-corrected chi connectivity index (χ0v) is 12.0. The van der Waals surface area contributed by atoms with Gasteiger partial charge in [-0.15, -0.1) is 0 Å². The molecule has 1 aromatic rings. The van der Waals surface area contributed by atoms with Gasteiger partial charge in [0.15, 0.2) is 0 Å². The molecule has 0 radical (unpaired) electrons. The van der Waals surface area contributed by atoms with Crippen LogP contribution < -0.4 is 11.1 Å². The molecule has 0 unspecified atom stereocenters. The molecule has 106 valence electrons. The van der Waals surface area contributed by atoms with Gasteiger partial charge in [0.05, 0.1) is 6.42 Å². The number of aromatic hydroxyl groups is 1. The first kappa shape index (κ1) is 15.5. The van der Waals surface area contributed by atoms with E-state index in [0.29, 0.717) is 19.5 Å². The summed E-state index contributed by atoms with van der Waals surface area (Å²) < 4.78 is 0. The van der Waals surface area contributed by atoms with Gasteiger partial charge in [-0.1, -0.05) is 32.9 Å². The van der Waals surface area contributed by atoms with Crippen molar-refractivity contribution in [2.75, 3.05) is 13.1 Å². The van der Waals surface area contributed by atoms with E-state index < -0.39 is 0 Å². The van der Waals surface area contributed by atoms with Crippen molar-refractivity contribution in [2.45, 2.75) is 39.0 Å². The highest BCUT2D eigenvalue weighted by Gasteiger charge is 2.18. The number of phenols is 1. The maximum absolute atomic E-state index is 11.7. The van der Waals surface area contributed by atoms with Crippen LogP contribution in [0.25, 0.3) is 0 Å². The van der Waals surface area contributed by atoms with Gasteiger partial charge >= 0.3 is 0 Å². The third kappa shape index (κ3) is 4.91. The Morgan fingerprint density at radius 1 is 1.37 bits per heavy atom. The normalized spacial score (nSPS) is 11.4. The lowest BCUT2D eigenvalue weighted by molar-refractivity contribution is -0.120. The van der Waals surface area contributed by atoms with E-state index in [4.69, 9.17) is 5.73 Å². The number of phenolic OH excluding ortho intramolecular Hbond substituents is 1. The van der Waals surface area contributed by atoms with Gasteiger partial charge < -0.3 is 16.2 Å². The van der Waals surface area contributed by atoms with Gasteiger partial charge in [0.25, 0.3) is 0 Å². The van der Waals surface area contributed by atoms with Crippen molar-refractivity contribution < 1.29 is 9.90 Å². The van der Waals surface area contributed by atoms with E-state index in [0.717, 1.165) is 17.5 Å². The topological polar surface area (TPSA) is 75.4 Å². The number of carbonyl (C=O) groups is 1. The molecule has 4 N–H and O–H groups in total. The molecule has 0 fully saturated rings. The predicted octanol–water partition coefficient (Wildman–Crippen LogP) is 1.70. The maximum atomic E-state index is 11.7. The third-order valence-electron chi connectivity index (χ3n) is 2.94. The van der Waals surface area contributed by atoms with Crippen LogP contribution in [-0.4, -0.2) is 24.1 Å². The van der Waals surface area contributed by atoms with E-state index in [1.165, 1.54) is 0 Å². The molecule has 4 heteroatoms. The number of benzene rings is 1. The molecule has 1 amide bonds. The number of nitrogens with one attached hydrogen (secondary N) is 1. The summed E-state index contributed by atoms with van der Waals surface area (Å²) >= 11 is 0. The Bertz CT molecular complexity index is 436. The minimum atomic E-state index is -0.143. The molecule has 1 aromatic carbocycles. The molecule has 0 aromatic heterocycles. The molecule has 1 rings (SSSR count). The lowest BCUT2D eigenvalue weighted by atomic mass is 9.85. The van der Waals surface area contributed by atoms with Crippen molar-refractivity contribution in [3.63, 3.8) is 0 Å². The second kappa shape index (κ2) is 6.57. The smallest absolute Gasteiger partial charge is 0.224 e. The number of rotatable bonds is 5. The average Bonchev–Trinajstić information content (AvgIpc) is 2.30. The van der Waals surface area contributed by atoms with Crippen LogP contribution >= 0.6 is 0 Å². The lowest BCUT2D eigenvalue weighted by Gasteiger charge is -2.21. The molecular formula is C15H24N2O2. The van der Waals surface area contributed by atoms with Crippen LogP contribution in [0.2, 0.25) is 0 Å². The Balaban J connectivity index is 2.72. The Morgan fingerprint density at radius 3 is 2.63 bits per heavy atom. The Morgan fingerprint density at radius 2 is 2.05 bits per heavy atom. The molecule has 0 aliphatic heterocycles. The van der Waals surface area contributed by atoms with Gasteiger partial charge in [-0.2, -0.15) is 0 Å². The summed E-state index contributed by atoms with van der Waals surface area (Å²) in [5, 5.41) is 12.7. The number of carbonyl (C=O) groups excluding carboxylic acids is 1. The number of amides is 1. The van der Waals surface area contributed by atoms with Crippen LogP contribution in [0.15, 0.2) is 18.2 Å². The molecular weight excluding hydrogens is 240 g/mol. The number of nitrogens with two attached hydrogens (primary N) is 1. The Kier molecular flexibility index (Phi) is 5.36. The lowest BCUT2D eigenvalue weighted by Crippen LogP contribution is -2.27. The molecule has 0 aliphatic carbocycles. The van der Waals surface area contributed by atoms with E-state index >= 15 is 0 Å². The highest BCUT2D eigenvalue weighted by atomic mass is 16.3. The van der Waals surface area contributed by atoms with Gasteiger partial charge in [-0.05, 0) is 35.6 Å². The first-order valence-electron chi connectivity index (χ1n) is 6.63. The molecule has 0 heterocycles. The summed E-state index contributed by atoms with van der Waals surface area (Å²) in [6.45, 7) is 7.29. The van der Waals surface area contributed by atoms with Crippen LogP contribution in [0.4, 0.5) is 0 Å². The number of hydrogen-bond donors (Lipinski definition) is 3. The van der Waals surface area contributed by atoms with Crippen LogP contribution in [-0.2, 0) is 16.6 Å². The average molecular weight is 264 g/mol. The molecule has 0 bridgehead atoms. The third-order valence-corrected chi connectivity index (χ3v) is 2.94. The minimum absolute atomic E-state index is 0.0148. The van der Waals surface area contributed by atoms with E-state index in [9.17, 15) is 9.90 Å². The largest absolute Gasteiger partial charge is 0.508 e. The SMILES string of the molecule is CC(C)(C)c1cc(CC(=O)NCCCN)ccc1O. The second-order valence-corrected chi connectivity index (χ2v) is 5.77.